The highest BCUT2D eigenvalue weighted by Gasteiger charge is 2.56. The lowest BCUT2D eigenvalue weighted by atomic mass is 9.67. The van der Waals surface area contributed by atoms with Crippen molar-refractivity contribution in [3.05, 3.63) is 0 Å². The molecule has 6 nitrogen and oxygen atoms in total. The zero-order chi connectivity index (χ0) is 18.2. The van der Waals surface area contributed by atoms with Gasteiger partial charge in [0.1, 0.15) is 6.10 Å². The average Bonchev–Trinajstić information content (AvgIpc) is 2.80. The van der Waals surface area contributed by atoms with Crippen LogP contribution >= 0.6 is 0 Å². The maximum atomic E-state index is 12.4. The molecule has 3 N–H and O–H groups in total. The Bertz CT molecular complexity index is 476. The van der Waals surface area contributed by atoms with Crippen LogP contribution in [-0.2, 0) is 14.2 Å². The number of nitrogens with one attached hydrogen (secondary N) is 1. The lowest BCUT2D eigenvalue weighted by Gasteiger charge is -2.42. The number of fused-ring (bicyclic) bond motifs is 1. The molecule has 5 atom stereocenters. The maximum Gasteiger partial charge on any atom is 0.407 e. The molecule has 1 heterocycles. The third-order valence-corrected chi connectivity index (χ3v) is 6.77. The van der Waals surface area contributed by atoms with Gasteiger partial charge in [-0.25, -0.2) is 4.79 Å². The Morgan fingerprint density at radius 1 is 1.16 bits per heavy atom. The molecular weight excluding hydrogens is 320 g/mol. The Kier molecular flexibility index (Phi) is 5.61. The van der Waals surface area contributed by atoms with Crippen LogP contribution < -0.4 is 11.1 Å². The van der Waals surface area contributed by atoms with Gasteiger partial charge in [0, 0.05) is 25.1 Å². The van der Waals surface area contributed by atoms with Gasteiger partial charge in [0.2, 0.25) is 0 Å². The van der Waals surface area contributed by atoms with Gasteiger partial charge in [-0.1, -0.05) is 13.8 Å². The average molecular weight is 354 g/mol. The molecule has 1 aliphatic heterocycles. The number of ether oxygens (including phenoxy) is 3. The summed E-state index contributed by atoms with van der Waals surface area (Å²) in [6.07, 6.45) is 5.18. The SMILES string of the molecule is COC1C(OC(=O)NC2CCC(N)CC2)CCC2OC(C)C(C)(C)C21. The van der Waals surface area contributed by atoms with Gasteiger partial charge in [-0.2, -0.15) is 0 Å². The molecule has 144 valence electrons. The van der Waals surface area contributed by atoms with E-state index in [4.69, 9.17) is 19.9 Å². The fourth-order valence-electron chi connectivity index (χ4n) is 4.90. The molecule has 1 amide bonds. The largest absolute Gasteiger partial charge is 0.443 e. The molecule has 2 aliphatic carbocycles. The smallest absolute Gasteiger partial charge is 0.407 e. The molecule has 0 aromatic rings. The van der Waals surface area contributed by atoms with Crippen molar-refractivity contribution in [2.45, 2.75) is 95.8 Å². The van der Waals surface area contributed by atoms with E-state index in [1.807, 2.05) is 0 Å². The van der Waals surface area contributed by atoms with Crippen molar-refractivity contribution < 1.29 is 19.0 Å². The first-order valence-corrected chi connectivity index (χ1v) is 9.74. The summed E-state index contributed by atoms with van der Waals surface area (Å²) in [6.45, 7) is 6.57. The first-order chi connectivity index (χ1) is 11.8. The fraction of sp³-hybridized carbons (Fsp3) is 0.947. The second-order valence-electron chi connectivity index (χ2n) is 8.64. The molecular formula is C19H34N2O4. The van der Waals surface area contributed by atoms with Crippen molar-refractivity contribution >= 4 is 6.09 Å². The van der Waals surface area contributed by atoms with Gasteiger partial charge in [-0.15, -0.1) is 0 Å². The molecule has 3 aliphatic rings. The van der Waals surface area contributed by atoms with E-state index < -0.39 is 0 Å². The molecule has 0 bridgehead atoms. The van der Waals surface area contributed by atoms with E-state index in [2.05, 4.69) is 26.1 Å². The van der Waals surface area contributed by atoms with E-state index in [1.165, 1.54) is 0 Å². The van der Waals surface area contributed by atoms with Crippen LogP contribution in [0.2, 0.25) is 0 Å². The molecule has 3 rings (SSSR count). The molecule has 2 saturated carbocycles. The maximum absolute atomic E-state index is 12.4. The summed E-state index contributed by atoms with van der Waals surface area (Å²) in [5, 5.41) is 3.02. The van der Waals surface area contributed by atoms with Gasteiger partial charge < -0.3 is 25.3 Å². The fourth-order valence-corrected chi connectivity index (χ4v) is 4.90. The number of rotatable bonds is 3. The second kappa shape index (κ2) is 7.41. The highest BCUT2D eigenvalue weighted by molar-refractivity contribution is 5.67. The predicted molar refractivity (Wildman–Crippen MR) is 95.3 cm³/mol. The minimum atomic E-state index is -0.323. The number of carbonyl (C=O) groups is 1. The van der Waals surface area contributed by atoms with Gasteiger partial charge in [0.05, 0.1) is 18.3 Å². The van der Waals surface area contributed by atoms with E-state index >= 15 is 0 Å². The number of hydrogen-bond acceptors (Lipinski definition) is 5. The zero-order valence-electron chi connectivity index (χ0n) is 16.0. The molecule has 1 saturated heterocycles. The molecule has 25 heavy (non-hydrogen) atoms. The molecule has 3 fully saturated rings. The molecule has 0 spiro atoms. The van der Waals surface area contributed by atoms with E-state index in [9.17, 15) is 4.79 Å². The topological polar surface area (TPSA) is 82.8 Å². The predicted octanol–water partition coefficient (Wildman–Crippen LogP) is 2.59. The summed E-state index contributed by atoms with van der Waals surface area (Å²) in [7, 11) is 1.71. The quantitative estimate of drug-likeness (QED) is 0.814. The van der Waals surface area contributed by atoms with Crippen molar-refractivity contribution in [3.8, 4) is 0 Å². The minimum Gasteiger partial charge on any atom is -0.443 e. The van der Waals surface area contributed by atoms with E-state index in [-0.39, 0.29) is 53.9 Å². The Labute approximate surface area is 151 Å². The Hall–Kier alpha value is -0.850. The second-order valence-corrected chi connectivity index (χ2v) is 8.64. The van der Waals surface area contributed by atoms with Gasteiger partial charge in [-0.3, -0.25) is 0 Å². The van der Waals surface area contributed by atoms with Crippen molar-refractivity contribution in [1.29, 1.82) is 0 Å². The number of methoxy groups -OCH3 is 1. The lowest BCUT2D eigenvalue weighted by Crippen LogP contribution is -2.52. The van der Waals surface area contributed by atoms with E-state index in [1.54, 1.807) is 7.11 Å². The number of alkyl carbamates (subject to hydrolysis) is 1. The standard InChI is InChI=1S/C19H34N2O4/c1-11-19(2,3)16-14(24-11)9-10-15(17(16)23-4)25-18(22)21-13-7-5-12(20)6-8-13/h11-17H,5-10,20H2,1-4H3,(H,21,22). The summed E-state index contributed by atoms with van der Waals surface area (Å²) in [5.74, 6) is 0.242. The summed E-state index contributed by atoms with van der Waals surface area (Å²) in [4.78, 5) is 12.4. The summed E-state index contributed by atoms with van der Waals surface area (Å²) >= 11 is 0. The van der Waals surface area contributed by atoms with Gasteiger partial charge in [-0.05, 0) is 50.9 Å². The van der Waals surface area contributed by atoms with E-state index in [0.717, 1.165) is 38.5 Å². The Morgan fingerprint density at radius 3 is 2.48 bits per heavy atom. The van der Waals surface area contributed by atoms with Gasteiger partial charge >= 0.3 is 6.09 Å². The number of hydrogen-bond donors (Lipinski definition) is 2. The van der Waals surface area contributed by atoms with Gasteiger partial charge in [0.25, 0.3) is 0 Å². The van der Waals surface area contributed by atoms with Crippen molar-refractivity contribution in [2.75, 3.05) is 7.11 Å². The molecule has 0 radical (unpaired) electrons. The minimum absolute atomic E-state index is 0.00333. The van der Waals surface area contributed by atoms with Crippen molar-refractivity contribution in [1.82, 2.24) is 5.32 Å². The van der Waals surface area contributed by atoms with Crippen LogP contribution in [-0.4, -0.2) is 49.7 Å². The summed E-state index contributed by atoms with van der Waals surface area (Å²) in [6, 6.07) is 0.449. The van der Waals surface area contributed by atoms with Crippen LogP contribution in [0, 0.1) is 11.3 Å². The lowest BCUT2D eigenvalue weighted by molar-refractivity contribution is -0.112. The number of nitrogens with two attached hydrogens (primary N) is 1. The van der Waals surface area contributed by atoms with Crippen LogP contribution in [0.15, 0.2) is 0 Å². The zero-order valence-corrected chi connectivity index (χ0v) is 16.0. The van der Waals surface area contributed by atoms with Crippen LogP contribution in [0.4, 0.5) is 4.79 Å². The van der Waals surface area contributed by atoms with Crippen molar-refractivity contribution in [2.24, 2.45) is 17.1 Å². The summed E-state index contributed by atoms with van der Waals surface area (Å²) in [5.41, 5.74) is 5.93. The molecule has 6 heteroatoms. The van der Waals surface area contributed by atoms with Crippen LogP contribution in [0.3, 0.4) is 0 Å². The van der Waals surface area contributed by atoms with Crippen molar-refractivity contribution in [3.63, 3.8) is 0 Å². The highest BCUT2D eigenvalue weighted by Crippen LogP contribution is 2.50. The first kappa shape index (κ1) is 18.9. The number of amides is 1. The van der Waals surface area contributed by atoms with Gasteiger partial charge in [0.15, 0.2) is 0 Å². The normalized spacial score (nSPS) is 43.3. The van der Waals surface area contributed by atoms with E-state index in [0.29, 0.717) is 0 Å². The van der Waals surface area contributed by atoms with Crippen LogP contribution in [0.1, 0.15) is 59.3 Å². The molecule has 0 aromatic heterocycles. The summed E-state index contributed by atoms with van der Waals surface area (Å²) < 4.78 is 17.8. The molecule has 0 aromatic carbocycles. The molecule has 5 unspecified atom stereocenters. The Morgan fingerprint density at radius 2 is 1.84 bits per heavy atom. The number of carbonyl (C=O) groups excluding carboxylic acids is 1. The monoisotopic (exact) mass is 354 g/mol. The van der Waals surface area contributed by atoms with Crippen LogP contribution in [0.25, 0.3) is 0 Å². The third kappa shape index (κ3) is 3.81. The third-order valence-electron chi connectivity index (χ3n) is 6.77. The Balaban J connectivity index is 1.59. The highest BCUT2D eigenvalue weighted by atomic mass is 16.6. The van der Waals surface area contributed by atoms with Crippen LogP contribution in [0.5, 0.6) is 0 Å². The first-order valence-electron chi connectivity index (χ1n) is 9.74.